The molecular formula is C22H25ClN2O4. The molecule has 7 heteroatoms. The summed E-state index contributed by atoms with van der Waals surface area (Å²) in [6.45, 7) is 2.38. The third-order valence-electron chi connectivity index (χ3n) is 4.80. The summed E-state index contributed by atoms with van der Waals surface area (Å²) in [6.07, 6.45) is 2.30. The highest BCUT2D eigenvalue weighted by atomic mass is 35.5. The van der Waals surface area contributed by atoms with Crippen molar-refractivity contribution < 1.29 is 19.1 Å². The number of halogens is 1. The largest absolute Gasteiger partial charge is 0.493 e. The Labute approximate surface area is 175 Å². The Hall–Kier alpha value is -2.73. The summed E-state index contributed by atoms with van der Waals surface area (Å²) in [6, 6.07) is 12.5. The Kier molecular flexibility index (Phi) is 7.36. The molecule has 1 saturated heterocycles. The maximum Gasteiger partial charge on any atom is 0.251 e. The number of amides is 2. The zero-order valence-electron chi connectivity index (χ0n) is 16.4. The molecule has 1 fully saturated rings. The first-order valence-electron chi connectivity index (χ1n) is 9.68. The number of ether oxygens (including phenoxy) is 2. The highest BCUT2D eigenvalue weighted by Gasteiger charge is 2.19. The number of carbonyl (C=O) groups excluding carboxylic acids is 2. The zero-order valence-corrected chi connectivity index (χ0v) is 17.2. The standard InChI is InChI=1S/C22H25ClN2O4/c1-28-20-14-17(22(27)24-11-3-13-25-12-2-4-21(25)26)7-10-19(20)29-15-16-5-8-18(23)9-6-16/h5-10,14H,2-4,11-13,15H2,1H3,(H,24,27). The van der Waals surface area contributed by atoms with Gasteiger partial charge in [-0.15, -0.1) is 0 Å². The van der Waals surface area contributed by atoms with E-state index < -0.39 is 0 Å². The predicted molar refractivity (Wildman–Crippen MR) is 112 cm³/mol. The fraction of sp³-hybridized carbons (Fsp3) is 0.364. The Bertz CT molecular complexity index is 854. The lowest BCUT2D eigenvalue weighted by Crippen LogP contribution is -2.30. The van der Waals surface area contributed by atoms with Crippen LogP contribution in [0.4, 0.5) is 0 Å². The Morgan fingerprint density at radius 2 is 1.97 bits per heavy atom. The van der Waals surface area contributed by atoms with E-state index in [0.29, 0.717) is 48.2 Å². The van der Waals surface area contributed by atoms with Crippen LogP contribution in [0.2, 0.25) is 5.02 Å². The number of hydrogen-bond acceptors (Lipinski definition) is 4. The minimum atomic E-state index is -0.180. The molecule has 2 amide bonds. The van der Waals surface area contributed by atoms with Crippen molar-refractivity contribution in [1.29, 1.82) is 0 Å². The van der Waals surface area contributed by atoms with Crippen LogP contribution in [-0.4, -0.2) is 43.5 Å². The Balaban J connectivity index is 1.51. The molecule has 29 heavy (non-hydrogen) atoms. The van der Waals surface area contributed by atoms with Crippen LogP contribution in [0.3, 0.4) is 0 Å². The van der Waals surface area contributed by atoms with E-state index in [1.807, 2.05) is 29.2 Å². The molecule has 0 saturated carbocycles. The quantitative estimate of drug-likeness (QED) is 0.633. The van der Waals surface area contributed by atoms with Gasteiger partial charge in [-0.05, 0) is 48.7 Å². The van der Waals surface area contributed by atoms with Crippen LogP contribution in [0, 0.1) is 0 Å². The number of nitrogens with zero attached hydrogens (tertiary/aromatic N) is 1. The molecule has 1 aliphatic heterocycles. The monoisotopic (exact) mass is 416 g/mol. The molecule has 0 unspecified atom stereocenters. The van der Waals surface area contributed by atoms with Crippen molar-refractivity contribution in [3.8, 4) is 11.5 Å². The number of hydrogen-bond donors (Lipinski definition) is 1. The summed E-state index contributed by atoms with van der Waals surface area (Å²) in [4.78, 5) is 25.8. The van der Waals surface area contributed by atoms with Gasteiger partial charge >= 0.3 is 0 Å². The summed E-state index contributed by atoms with van der Waals surface area (Å²) >= 11 is 5.89. The second-order valence-electron chi connectivity index (χ2n) is 6.87. The molecule has 0 radical (unpaired) electrons. The summed E-state index contributed by atoms with van der Waals surface area (Å²) in [5.41, 5.74) is 1.48. The van der Waals surface area contributed by atoms with Crippen molar-refractivity contribution in [2.75, 3.05) is 26.7 Å². The van der Waals surface area contributed by atoms with Crippen LogP contribution < -0.4 is 14.8 Å². The van der Waals surface area contributed by atoms with Crippen LogP contribution in [0.5, 0.6) is 11.5 Å². The SMILES string of the molecule is COc1cc(C(=O)NCCCN2CCCC2=O)ccc1OCc1ccc(Cl)cc1. The molecule has 1 aliphatic rings. The lowest BCUT2D eigenvalue weighted by molar-refractivity contribution is -0.127. The lowest BCUT2D eigenvalue weighted by atomic mass is 10.2. The van der Waals surface area contributed by atoms with Gasteiger partial charge in [-0.2, -0.15) is 0 Å². The average molecular weight is 417 g/mol. The van der Waals surface area contributed by atoms with Crippen LogP contribution in [0.1, 0.15) is 35.2 Å². The lowest BCUT2D eigenvalue weighted by Gasteiger charge is -2.15. The van der Waals surface area contributed by atoms with E-state index in [1.54, 1.807) is 25.3 Å². The molecule has 2 aromatic rings. The minimum Gasteiger partial charge on any atom is -0.493 e. The maximum absolute atomic E-state index is 12.4. The summed E-state index contributed by atoms with van der Waals surface area (Å²) in [7, 11) is 1.54. The van der Waals surface area contributed by atoms with Gasteiger partial charge in [0.2, 0.25) is 5.91 Å². The molecular weight excluding hydrogens is 392 g/mol. The Morgan fingerprint density at radius 3 is 2.66 bits per heavy atom. The van der Waals surface area contributed by atoms with Crippen molar-refractivity contribution in [3.05, 3.63) is 58.6 Å². The summed E-state index contributed by atoms with van der Waals surface area (Å²) < 4.78 is 11.2. The van der Waals surface area contributed by atoms with Crippen LogP contribution in [-0.2, 0) is 11.4 Å². The smallest absolute Gasteiger partial charge is 0.251 e. The van der Waals surface area contributed by atoms with Crippen molar-refractivity contribution in [2.24, 2.45) is 0 Å². The van der Waals surface area contributed by atoms with E-state index in [1.165, 1.54) is 0 Å². The Morgan fingerprint density at radius 1 is 1.17 bits per heavy atom. The van der Waals surface area contributed by atoms with Crippen molar-refractivity contribution in [2.45, 2.75) is 25.9 Å². The molecule has 1 N–H and O–H groups in total. The average Bonchev–Trinajstić information content (AvgIpc) is 3.15. The molecule has 3 rings (SSSR count). The van der Waals surface area contributed by atoms with Gasteiger partial charge in [-0.25, -0.2) is 0 Å². The third kappa shape index (κ3) is 5.87. The highest BCUT2D eigenvalue weighted by Crippen LogP contribution is 2.29. The first kappa shape index (κ1) is 21.0. The van der Waals surface area contributed by atoms with Crippen molar-refractivity contribution in [1.82, 2.24) is 10.2 Å². The molecule has 0 aromatic heterocycles. The van der Waals surface area contributed by atoms with E-state index in [2.05, 4.69) is 5.32 Å². The third-order valence-corrected chi connectivity index (χ3v) is 5.05. The first-order chi connectivity index (χ1) is 14.1. The fourth-order valence-electron chi connectivity index (χ4n) is 3.18. The van der Waals surface area contributed by atoms with Gasteiger partial charge in [0.15, 0.2) is 11.5 Å². The molecule has 154 valence electrons. The van der Waals surface area contributed by atoms with Crippen molar-refractivity contribution in [3.63, 3.8) is 0 Å². The topological polar surface area (TPSA) is 67.9 Å². The molecule has 0 aliphatic carbocycles. The second kappa shape index (κ2) is 10.2. The minimum absolute atomic E-state index is 0.180. The molecule has 2 aromatic carbocycles. The zero-order chi connectivity index (χ0) is 20.6. The van der Waals surface area contributed by atoms with Crippen LogP contribution in [0.25, 0.3) is 0 Å². The number of methoxy groups -OCH3 is 1. The van der Waals surface area contributed by atoms with Gasteiger partial charge in [-0.1, -0.05) is 23.7 Å². The predicted octanol–water partition coefficient (Wildman–Crippen LogP) is 3.67. The van der Waals surface area contributed by atoms with E-state index >= 15 is 0 Å². The molecule has 1 heterocycles. The molecule has 0 spiro atoms. The molecule has 6 nitrogen and oxygen atoms in total. The fourth-order valence-corrected chi connectivity index (χ4v) is 3.31. The number of likely N-dealkylation sites (tertiary alicyclic amines) is 1. The van der Waals surface area contributed by atoms with E-state index in [-0.39, 0.29) is 11.8 Å². The number of benzene rings is 2. The number of carbonyl (C=O) groups is 2. The van der Waals surface area contributed by atoms with E-state index in [4.69, 9.17) is 21.1 Å². The second-order valence-corrected chi connectivity index (χ2v) is 7.31. The van der Waals surface area contributed by atoms with Gasteiger partial charge in [0.1, 0.15) is 6.61 Å². The summed E-state index contributed by atoms with van der Waals surface area (Å²) in [5.74, 6) is 1.08. The molecule has 0 atom stereocenters. The van der Waals surface area contributed by atoms with Crippen LogP contribution in [0.15, 0.2) is 42.5 Å². The van der Waals surface area contributed by atoms with E-state index in [0.717, 1.165) is 24.9 Å². The van der Waals surface area contributed by atoms with Crippen molar-refractivity contribution >= 4 is 23.4 Å². The maximum atomic E-state index is 12.4. The van der Waals surface area contributed by atoms with Gasteiger partial charge in [0.05, 0.1) is 7.11 Å². The van der Waals surface area contributed by atoms with E-state index in [9.17, 15) is 9.59 Å². The highest BCUT2D eigenvalue weighted by molar-refractivity contribution is 6.30. The van der Waals surface area contributed by atoms with Gasteiger partial charge < -0.3 is 19.7 Å². The van der Waals surface area contributed by atoms with Gasteiger partial charge in [0, 0.05) is 36.6 Å². The molecule has 0 bridgehead atoms. The summed E-state index contributed by atoms with van der Waals surface area (Å²) in [5, 5.41) is 3.56. The number of nitrogens with one attached hydrogen (secondary N) is 1. The van der Waals surface area contributed by atoms with Gasteiger partial charge in [-0.3, -0.25) is 9.59 Å². The van der Waals surface area contributed by atoms with Crippen LogP contribution >= 0.6 is 11.6 Å². The number of rotatable bonds is 9. The normalized spacial score (nSPS) is 13.4. The first-order valence-corrected chi connectivity index (χ1v) is 10.1. The van der Waals surface area contributed by atoms with Gasteiger partial charge in [0.25, 0.3) is 5.91 Å².